The molecule has 140 valence electrons. The van der Waals surface area contributed by atoms with Gasteiger partial charge in [0.1, 0.15) is 0 Å². The van der Waals surface area contributed by atoms with Crippen molar-refractivity contribution in [1.82, 2.24) is 0 Å². The fourth-order valence-electron chi connectivity index (χ4n) is 3.05. The van der Waals surface area contributed by atoms with Crippen molar-refractivity contribution in [3.63, 3.8) is 0 Å². The Bertz CT molecular complexity index is 894. The molecule has 28 heavy (non-hydrogen) atoms. The first-order valence-electron chi connectivity index (χ1n) is 9.65. The third-order valence-electron chi connectivity index (χ3n) is 5.01. The highest BCUT2D eigenvalue weighted by atomic mass is 14.6. The second-order valence-corrected chi connectivity index (χ2v) is 7.34. The van der Waals surface area contributed by atoms with E-state index in [0.717, 1.165) is 46.0 Å². The Balaban J connectivity index is 2.07. The predicted octanol–water partition coefficient (Wildman–Crippen LogP) is 5.59. The lowest BCUT2D eigenvalue weighted by molar-refractivity contribution is 0.787. The zero-order valence-electron chi connectivity index (χ0n) is 17.2. The topological polar surface area (TPSA) is 26.0 Å². The van der Waals surface area contributed by atoms with E-state index in [1.165, 1.54) is 0 Å². The van der Waals surface area contributed by atoms with Crippen LogP contribution in [0.4, 0.5) is 0 Å². The number of hydrogen-bond acceptors (Lipinski definition) is 1. The molecular formula is C26H28BN. The molecule has 0 bridgehead atoms. The first-order chi connectivity index (χ1) is 13.3. The molecule has 1 atom stereocenters. The van der Waals surface area contributed by atoms with Crippen LogP contribution in [-0.2, 0) is 6.42 Å². The van der Waals surface area contributed by atoms with E-state index in [1.54, 1.807) is 0 Å². The number of benzene rings is 1. The molecule has 0 spiro atoms. The zero-order chi connectivity index (χ0) is 20.7. The minimum Gasteiger partial charge on any atom is -0.402 e. The fourth-order valence-corrected chi connectivity index (χ4v) is 3.05. The monoisotopic (exact) mass is 365 g/mol. The van der Waals surface area contributed by atoms with Crippen LogP contribution in [0.1, 0.15) is 36.1 Å². The number of nitrogens with two attached hydrogens (primary N) is 1. The highest BCUT2D eigenvalue weighted by Crippen LogP contribution is 2.26. The van der Waals surface area contributed by atoms with E-state index < -0.39 is 0 Å². The summed E-state index contributed by atoms with van der Waals surface area (Å²) in [6, 6.07) is 18.5. The first kappa shape index (κ1) is 21.2. The Morgan fingerprint density at radius 3 is 2.25 bits per heavy atom. The van der Waals surface area contributed by atoms with E-state index in [9.17, 15) is 0 Å². The Hall–Kier alpha value is -3.10. The van der Waals surface area contributed by atoms with Crippen molar-refractivity contribution in [2.24, 2.45) is 11.7 Å². The van der Waals surface area contributed by atoms with Crippen molar-refractivity contribution < 1.29 is 0 Å². The molecule has 0 aliphatic heterocycles. The van der Waals surface area contributed by atoms with E-state index in [1.807, 2.05) is 31.2 Å². The minimum absolute atomic E-state index is 0.115. The molecule has 0 radical (unpaired) electrons. The Morgan fingerprint density at radius 1 is 1.07 bits per heavy atom. The van der Waals surface area contributed by atoms with Gasteiger partial charge in [0.05, 0.1) is 5.56 Å². The van der Waals surface area contributed by atoms with Gasteiger partial charge in [0.2, 0.25) is 0 Å². The minimum atomic E-state index is 0.115. The molecule has 0 saturated heterocycles. The van der Waals surface area contributed by atoms with Crippen molar-refractivity contribution in [3.05, 3.63) is 102 Å². The van der Waals surface area contributed by atoms with E-state index in [-0.39, 0.29) is 12.6 Å². The molecular weight excluding hydrogens is 337 g/mol. The number of allylic oxidation sites excluding steroid dienone is 1. The first-order valence-corrected chi connectivity index (χ1v) is 9.65. The van der Waals surface area contributed by atoms with Crippen LogP contribution in [0.25, 0.3) is 5.47 Å². The molecule has 2 aromatic carbocycles. The quantitative estimate of drug-likeness (QED) is 0.386. The average molecular weight is 365 g/mol. The van der Waals surface area contributed by atoms with Crippen LogP contribution in [0.5, 0.6) is 0 Å². The van der Waals surface area contributed by atoms with Crippen LogP contribution in [0.15, 0.2) is 67.4 Å². The van der Waals surface area contributed by atoms with Crippen molar-refractivity contribution in [1.29, 1.82) is 0 Å². The molecule has 0 aliphatic carbocycles. The van der Waals surface area contributed by atoms with Crippen LogP contribution in [0, 0.1) is 29.9 Å². The molecule has 2 heteroatoms. The number of hydrogen-bond donors (Lipinski definition) is 1. The van der Waals surface area contributed by atoms with Crippen molar-refractivity contribution in [3.8, 4) is 11.8 Å². The maximum atomic E-state index is 5.94. The van der Waals surface area contributed by atoms with Gasteiger partial charge in [-0.3, -0.25) is 0 Å². The molecule has 0 fully saturated rings. The molecule has 2 aromatic rings. The van der Waals surface area contributed by atoms with Gasteiger partial charge in [-0.15, -0.1) is 6.58 Å². The summed E-state index contributed by atoms with van der Waals surface area (Å²) in [6.07, 6.45) is 1.83. The zero-order valence-corrected chi connectivity index (χ0v) is 17.2. The van der Waals surface area contributed by atoms with Crippen molar-refractivity contribution in [2.75, 3.05) is 0 Å². The van der Waals surface area contributed by atoms with Gasteiger partial charge in [-0.2, -0.15) is 0 Å². The maximum Gasteiger partial charge on any atom is 0.173 e. The van der Waals surface area contributed by atoms with Gasteiger partial charge in [-0.05, 0) is 43.2 Å². The van der Waals surface area contributed by atoms with E-state index >= 15 is 0 Å². The lowest BCUT2D eigenvalue weighted by atomic mass is 9.41. The molecule has 0 saturated carbocycles. The summed E-state index contributed by atoms with van der Waals surface area (Å²) in [5.74, 6) is 6.44. The molecule has 0 aliphatic rings. The summed E-state index contributed by atoms with van der Waals surface area (Å²) in [7, 11) is 0. The van der Waals surface area contributed by atoms with Crippen LogP contribution >= 0.6 is 0 Å². The van der Waals surface area contributed by atoms with Crippen LogP contribution in [0.3, 0.4) is 0 Å². The predicted molar refractivity (Wildman–Crippen MR) is 123 cm³/mol. The molecule has 0 heterocycles. The summed E-state index contributed by atoms with van der Waals surface area (Å²) >= 11 is 0. The average Bonchev–Trinajstić information content (AvgIpc) is 2.70. The number of rotatable bonds is 7. The third kappa shape index (κ3) is 5.70. The Labute approximate surface area is 171 Å². The molecule has 1 unspecified atom stereocenters. The second kappa shape index (κ2) is 9.73. The smallest absolute Gasteiger partial charge is 0.173 e. The molecule has 0 aromatic heterocycles. The lowest BCUT2D eigenvalue weighted by Gasteiger charge is -2.21. The van der Waals surface area contributed by atoms with E-state index in [0.29, 0.717) is 5.70 Å². The normalized spacial score (nSPS) is 10.8. The summed E-state index contributed by atoms with van der Waals surface area (Å²) in [6.45, 7) is 18.8. The summed E-state index contributed by atoms with van der Waals surface area (Å²) in [5.41, 5.74) is 12.8. The van der Waals surface area contributed by atoms with Crippen LogP contribution < -0.4 is 5.73 Å². The van der Waals surface area contributed by atoms with Gasteiger partial charge >= 0.3 is 0 Å². The number of aryl methyl sites for hydroxylation is 1. The van der Waals surface area contributed by atoms with Crippen molar-refractivity contribution >= 4 is 12.2 Å². The van der Waals surface area contributed by atoms with Crippen LogP contribution in [0.2, 0.25) is 13.1 Å². The van der Waals surface area contributed by atoms with E-state index in [2.05, 4.69) is 69.6 Å². The van der Waals surface area contributed by atoms with E-state index in [4.69, 9.17) is 5.73 Å². The SMILES string of the molecule is C=C(B(C)CC(C(=C)C)C(=C)N)c1ccc(C#Cc2c#cc(CC)cc2)cc1. The van der Waals surface area contributed by atoms with Gasteiger partial charge in [-0.1, -0.05) is 80.4 Å². The molecule has 1 nitrogen and oxygen atoms in total. The summed E-state index contributed by atoms with van der Waals surface area (Å²) < 4.78 is 0. The van der Waals surface area contributed by atoms with Crippen LogP contribution in [-0.4, -0.2) is 6.71 Å². The fraction of sp³-hybridized carbons (Fsp3) is 0.231. The van der Waals surface area contributed by atoms with Gasteiger partial charge < -0.3 is 5.73 Å². The highest BCUT2D eigenvalue weighted by molar-refractivity contribution is 6.77. The molecule has 2 N–H and O–H groups in total. The van der Waals surface area contributed by atoms with Gasteiger partial charge in [0, 0.05) is 22.7 Å². The standard InChI is InChI=1S/C26H28BN/c1-7-22-8-10-23(11-9-22)12-13-24-14-16-25(17-15-24)20(4)27(6)18-26(19(2)3)21(5)28/h8,10,14-17,26H,2,4-5,7,18,28H2,1,3,6H3. The largest absolute Gasteiger partial charge is 0.402 e. The van der Waals surface area contributed by atoms with Gasteiger partial charge in [-0.25, -0.2) is 0 Å². The summed E-state index contributed by atoms with van der Waals surface area (Å²) in [5, 5.41) is 0. The Morgan fingerprint density at radius 2 is 1.75 bits per heavy atom. The molecule has 0 amide bonds. The van der Waals surface area contributed by atoms with Crippen molar-refractivity contribution in [2.45, 2.75) is 33.4 Å². The lowest BCUT2D eigenvalue weighted by Crippen LogP contribution is -2.20. The van der Waals surface area contributed by atoms with Gasteiger partial charge in [0.25, 0.3) is 0 Å². The third-order valence-corrected chi connectivity index (χ3v) is 5.01. The Kier molecular flexibility index (Phi) is 7.37. The maximum absolute atomic E-state index is 5.94. The second-order valence-electron chi connectivity index (χ2n) is 7.34. The highest BCUT2D eigenvalue weighted by Gasteiger charge is 2.20. The summed E-state index contributed by atoms with van der Waals surface area (Å²) in [4.78, 5) is 0. The molecule has 2 rings (SSSR count). The van der Waals surface area contributed by atoms with Gasteiger partial charge in [0.15, 0.2) is 6.71 Å².